The molecule has 2 aromatic carbocycles. The number of amides is 1. The predicted molar refractivity (Wildman–Crippen MR) is 90.4 cm³/mol. The summed E-state index contributed by atoms with van der Waals surface area (Å²) in [5, 5.41) is 15.0. The Morgan fingerprint density at radius 2 is 2.04 bits per heavy atom. The quantitative estimate of drug-likeness (QED) is 0.647. The average Bonchev–Trinajstić information content (AvgIpc) is 2.57. The Labute approximate surface area is 139 Å². The van der Waals surface area contributed by atoms with Gasteiger partial charge in [-0.05, 0) is 24.3 Å². The lowest BCUT2D eigenvalue weighted by Gasteiger charge is -2.07. The first kappa shape index (κ1) is 16.4. The largest absolute Gasteiger partial charge is 0.497 e. The molecule has 1 amide bonds. The monoisotopic (exact) mass is 327 g/mol. The highest BCUT2D eigenvalue weighted by atomic mass is 35.5. The number of nitrogens with one attached hydrogen (secondary N) is 2. The fraction of sp³-hybridized carbons (Fsp3) is 0.0588. The van der Waals surface area contributed by atoms with E-state index >= 15 is 0 Å². The number of methoxy groups -OCH3 is 1. The summed E-state index contributed by atoms with van der Waals surface area (Å²) in [4.78, 5) is 12.1. The van der Waals surface area contributed by atoms with Crippen molar-refractivity contribution in [2.45, 2.75) is 0 Å². The van der Waals surface area contributed by atoms with E-state index in [2.05, 4.69) is 10.6 Å². The maximum absolute atomic E-state index is 12.1. The van der Waals surface area contributed by atoms with Crippen molar-refractivity contribution >= 4 is 28.9 Å². The summed E-state index contributed by atoms with van der Waals surface area (Å²) in [6.45, 7) is 0. The van der Waals surface area contributed by atoms with Crippen LogP contribution in [0.15, 0.2) is 60.3 Å². The highest BCUT2D eigenvalue weighted by Crippen LogP contribution is 2.21. The molecule has 0 aliphatic rings. The van der Waals surface area contributed by atoms with Crippen molar-refractivity contribution in [3.63, 3.8) is 0 Å². The molecule has 0 heterocycles. The molecular formula is C17H14ClN3O2. The molecule has 6 heteroatoms. The minimum Gasteiger partial charge on any atom is -0.497 e. The van der Waals surface area contributed by atoms with Crippen molar-refractivity contribution in [3.8, 4) is 11.8 Å². The number of halogens is 1. The summed E-state index contributed by atoms with van der Waals surface area (Å²) in [6.07, 6.45) is 1.33. The number of hydrogen-bond acceptors (Lipinski definition) is 4. The van der Waals surface area contributed by atoms with E-state index in [1.54, 1.807) is 55.6 Å². The zero-order valence-electron chi connectivity index (χ0n) is 12.3. The number of nitriles is 1. The fourth-order valence-electron chi connectivity index (χ4n) is 1.77. The lowest BCUT2D eigenvalue weighted by atomic mass is 10.2. The molecule has 5 nitrogen and oxygen atoms in total. The molecule has 116 valence electrons. The summed E-state index contributed by atoms with van der Waals surface area (Å²) in [5.74, 6) is 0.124. The molecule has 2 N–H and O–H groups in total. The molecular weight excluding hydrogens is 314 g/mol. The van der Waals surface area contributed by atoms with E-state index in [9.17, 15) is 4.79 Å². The van der Waals surface area contributed by atoms with Crippen LogP contribution in [0.1, 0.15) is 0 Å². The maximum Gasteiger partial charge on any atom is 0.267 e. The molecule has 0 saturated heterocycles. The lowest BCUT2D eigenvalue weighted by molar-refractivity contribution is -0.112. The van der Waals surface area contributed by atoms with Crippen molar-refractivity contribution < 1.29 is 9.53 Å². The number of carbonyl (C=O) groups excluding carboxylic acids is 1. The van der Waals surface area contributed by atoms with E-state index in [1.807, 2.05) is 6.07 Å². The minimum atomic E-state index is -0.545. The molecule has 0 aliphatic heterocycles. The molecule has 0 unspecified atom stereocenters. The van der Waals surface area contributed by atoms with Gasteiger partial charge in [0.15, 0.2) is 0 Å². The van der Waals surface area contributed by atoms with Crippen LogP contribution >= 0.6 is 11.6 Å². The van der Waals surface area contributed by atoms with Crippen LogP contribution in [-0.4, -0.2) is 13.0 Å². The van der Waals surface area contributed by atoms with Crippen LogP contribution in [-0.2, 0) is 4.79 Å². The highest BCUT2D eigenvalue weighted by Gasteiger charge is 2.10. The number of benzene rings is 2. The van der Waals surface area contributed by atoms with Crippen molar-refractivity contribution in [3.05, 3.63) is 65.3 Å². The number of anilines is 2. The lowest BCUT2D eigenvalue weighted by Crippen LogP contribution is -2.14. The van der Waals surface area contributed by atoms with Gasteiger partial charge in [-0.2, -0.15) is 5.26 Å². The molecule has 0 spiro atoms. The molecule has 0 fully saturated rings. The van der Waals surface area contributed by atoms with E-state index in [0.29, 0.717) is 22.1 Å². The van der Waals surface area contributed by atoms with Crippen LogP contribution in [0.4, 0.5) is 11.4 Å². The Morgan fingerprint density at radius 1 is 1.26 bits per heavy atom. The average molecular weight is 328 g/mol. The number of hydrogen-bond donors (Lipinski definition) is 2. The Morgan fingerprint density at radius 3 is 2.74 bits per heavy atom. The van der Waals surface area contributed by atoms with Crippen LogP contribution < -0.4 is 15.4 Å². The van der Waals surface area contributed by atoms with E-state index < -0.39 is 5.91 Å². The number of para-hydroxylation sites is 1. The molecule has 0 radical (unpaired) electrons. The third kappa shape index (κ3) is 4.50. The number of nitrogens with zero attached hydrogens (tertiary/aromatic N) is 1. The van der Waals surface area contributed by atoms with Crippen molar-refractivity contribution in [2.75, 3.05) is 17.7 Å². The van der Waals surface area contributed by atoms with Gasteiger partial charge < -0.3 is 15.4 Å². The predicted octanol–water partition coefficient (Wildman–Crippen LogP) is 3.81. The first-order valence-electron chi connectivity index (χ1n) is 6.71. The van der Waals surface area contributed by atoms with Gasteiger partial charge in [0.2, 0.25) is 0 Å². The normalized spacial score (nSPS) is 10.6. The van der Waals surface area contributed by atoms with E-state index in [1.165, 1.54) is 6.20 Å². The Hall–Kier alpha value is -2.97. The number of carbonyl (C=O) groups is 1. The van der Waals surface area contributed by atoms with Crippen LogP contribution in [0.25, 0.3) is 0 Å². The summed E-state index contributed by atoms with van der Waals surface area (Å²) in [6, 6.07) is 15.8. The van der Waals surface area contributed by atoms with Gasteiger partial charge in [0, 0.05) is 18.0 Å². The molecule has 23 heavy (non-hydrogen) atoms. The Bertz CT molecular complexity index is 781. The molecule has 2 aromatic rings. The SMILES string of the molecule is COc1cccc(N/C=C(/C#N)C(=O)Nc2ccccc2Cl)c1. The standard InChI is InChI=1S/C17H14ClN3O2/c1-23-14-6-4-5-13(9-14)20-11-12(10-19)17(22)21-16-8-3-2-7-15(16)18/h2-9,11,20H,1H3,(H,21,22)/b12-11-. The summed E-state index contributed by atoms with van der Waals surface area (Å²) in [7, 11) is 1.56. The van der Waals surface area contributed by atoms with Gasteiger partial charge in [-0.15, -0.1) is 0 Å². The van der Waals surface area contributed by atoms with E-state index in [-0.39, 0.29) is 5.57 Å². The third-order valence-electron chi connectivity index (χ3n) is 2.94. The van der Waals surface area contributed by atoms with Crippen LogP contribution in [0.5, 0.6) is 5.75 Å². The smallest absolute Gasteiger partial charge is 0.267 e. The number of rotatable bonds is 5. The van der Waals surface area contributed by atoms with Gasteiger partial charge >= 0.3 is 0 Å². The van der Waals surface area contributed by atoms with E-state index in [0.717, 1.165) is 0 Å². The molecule has 0 aromatic heterocycles. The summed E-state index contributed by atoms with van der Waals surface area (Å²) < 4.78 is 5.11. The Kier molecular flexibility index (Phi) is 5.61. The minimum absolute atomic E-state index is 0.0762. The van der Waals surface area contributed by atoms with Gasteiger partial charge in [-0.1, -0.05) is 29.8 Å². The highest BCUT2D eigenvalue weighted by molar-refractivity contribution is 6.33. The van der Waals surface area contributed by atoms with Crippen molar-refractivity contribution in [1.82, 2.24) is 0 Å². The van der Waals surface area contributed by atoms with Gasteiger partial charge in [0.05, 0.1) is 17.8 Å². The van der Waals surface area contributed by atoms with Crippen LogP contribution in [0, 0.1) is 11.3 Å². The van der Waals surface area contributed by atoms with Gasteiger partial charge in [-0.3, -0.25) is 4.79 Å². The van der Waals surface area contributed by atoms with Crippen molar-refractivity contribution in [1.29, 1.82) is 5.26 Å². The molecule has 0 aliphatic carbocycles. The Balaban J connectivity index is 2.10. The second-order valence-corrected chi connectivity index (χ2v) is 4.89. The van der Waals surface area contributed by atoms with Crippen molar-refractivity contribution in [2.24, 2.45) is 0 Å². The zero-order chi connectivity index (χ0) is 16.7. The van der Waals surface area contributed by atoms with E-state index in [4.69, 9.17) is 21.6 Å². The summed E-state index contributed by atoms with van der Waals surface area (Å²) in [5.41, 5.74) is 1.07. The third-order valence-corrected chi connectivity index (χ3v) is 3.27. The first-order chi connectivity index (χ1) is 11.1. The molecule has 2 rings (SSSR count). The van der Waals surface area contributed by atoms with Crippen LogP contribution in [0.2, 0.25) is 5.02 Å². The second kappa shape index (κ2) is 7.87. The number of ether oxygens (including phenoxy) is 1. The fourth-order valence-corrected chi connectivity index (χ4v) is 1.95. The molecule has 0 saturated carbocycles. The second-order valence-electron chi connectivity index (χ2n) is 4.48. The van der Waals surface area contributed by atoms with Gasteiger partial charge in [0.1, 0.15) is 17.4 Å². The zero-order valence-corrected chi connectivity index (χ0v) is 13.1. The topological polar surface area (TPSA) is 74.1 Å². The van der Waals surface area contributed by atoms with Gasteiger partial charge in [-0.25, -0.2) is 0 Å². The molecule has 0 bridgehead atoms. The summed E-state index contributed by atoms with van der Waals surface area (Å²) >= 11 is 5.98. The van der Waals surface area contributed by atoms with Gasteiger partial charge in [0.25, 0.3) is 5.91 Å². The maximum atomic E-state index is 12.1. The molecule has 0 atom stereocenters. The first-order valence-corrected chi connectivity index (χ1v) is 7.08. The van der Waals surface area contributed by atoms with Crippen LogP contribution in [0.3, 0.4) is 0 Å².